The molecule has 2 heterocycles. The Labute approximate surface area is 126 Å². The summed E-state index contributed by atoms with van der Waals surface area (Å²) >= 11 is 0. The molecule has 4 heteroatoms. The molecule has 0 radical (unpaired) electrons. The fraction of sp³-hybridized carbons (Fsp3) is 0.471. The molecule has 1 fully saturated rings. The SMILES string of the molecule is CC1CCN(CCNc2ccnc3c(N)cccc23)CC1. The first-order valence-electron chi connectivity index (χ1n) is 7.83. The lowest BCUT2D eigenvalue weighted by atomic mass is 9.99. The van der Waals surface area contributed by atoms with E-state index in [4.69, 9.17) is 5.73 Å². The van der Waals surface area contributed by atoms with Gasteiger partial charge in [-0.2, -0.15) is 0 Å². The highest BCUT2D eigenvalue weighted by Gasteiger charge is 2.14. The van der Waals surface area contributed by atoms with Crippen LogP contribution in [0.15, 0.2) is 30.5 Å². The Morgan fingerprint density at radius 3 is 2.90 bits per heavy atom. The van der Waals surface area contributed by atoms with Crippen LogP contribution in [-0.2, 0) is 0 Å². The van der Waals surface area contributed by atoms with Gasteiger partial charge in [-0.25, -0.2) is 0 Å². The maximum Gasteiger partial charge on any atom is 0.0951 e. The molecular weight excluding hydrogens is 260 g/mol. The highest BCUT2D eigenvalue weighted by atomic mass is 15.1. The molecule has 3 rings (SSSR count). The van der Waals surface area contributed by atoms with Crippen LogP contribution in [0.4, 0.5) is 11.4 Å². The maximum atomic E-state index is 5.99. The minimum absolute atomic E-state index is 0.737. The first-order chi connectivity index (χ1) is 10.2. The predicted octanol–water partition coefficient (Wildman–Crippen LogP) is 2.96. The molecule has 21 heavy (non-hydrogen) atoms. The largest absolute Gasteiger partial charge is 0.397 e. The van der Waals surface area contributed by atoms with Gasteiger partial charge >= 0.3 is 0 Å². The molecule has 0 bridgehead atoms. The third kappa shape index (κ3) is 3.27. The zero-order chi connectivity index (χ0) is 14.7. The van der Waals surface area contributed by atoms with Crippen LogP contribution in [0.25, 0.3) is 10.9 Å². The van der Waals surface area contributed by atoms with E-state index in [0.29, 0.717) is 0 Å². The quantitative estimate of drug-likeness (QED) is 0.848. The Kier molecular flexibility index (Phi) is 4.25. The van der Waals surface area contributed by atoms with Crippen LogP contribution in [0.3, 0.4) is 0 Å². The summed E-state index contributed by atoms with van der Waals surface area (Å²) in [4.78, 5) is 6.92. The minimum atomic E-state index is 0.737. The molecule has 0 unspecified atom stereocenters. The van der Waals surface area contributed by atoms with Crippen molar-refractivity contribution < 1.29 is 0 Å². The Bertz CT molecular complexity index is 603. The second-order valence-corrected chi connectivity index (χ2v) is 6.05. The Morgan fingerprint density at radius 2 is 2.10 bits per heavy atom. The number of fused-ring (bicyclic) bond motifs is 1. The Balaban J connectivity index is 1.62. The number of pyridine rings is 1. The topological polar surface area (TPSA) is 54.2 Å². The van der Waals surface area contributed by atoms with E-state index >= 15 is 0 Å². The van der Waals surface area contributed by atoms with Crippen LogP contribution < -0.4 is 11.1 Å². The molecule has 112 valence electrons. The minimum Gasteiger partial charge on any atom is -0.397 e. The molecule has 1 aliphatic heterocycles. The van der Waals surface area contributed by atoms with Crippen LogP contribution >= 0.6 is 0 Å². The van der Waals surface area contributed by atoms with Gasteiger partial charge < -0.3 is 16.0 Å². The van der Waals surface area contributed by atoms with Gasteiger partial charge in [-0.15, -0.1) is 0 Å². The second kappa shape index (κ2) is 6.31. The van der Waals surface area contributed by atoms with Crippen molar-refractivity contribution in [1.29, 1.82) is 0 Å². The average molecular weight is 284 g/mol. The zero-order valence-corrected chi connectivity index (χ0v) is 12.7. The number of aromatic nitrogens is 1. The van der Waals surface area contributed by atoms with Gasteiger partial charge in [0.1, 0.15) is 0 Å². The molecular formula is C17H24N4. The fourth-order valence-electron chi connectivity index (χ4n) is 2.99. The first kappa shape index (κ1) is 14.1. The van der Waals surface area contributed by atoms with Crippen LogP contribution in [0.5, 0.6) is 0 Å². The number of rotatable bonds is 4. The van der Waals surface area contributed by atoms with Crippen LogP contribution in [0, 0.1) is 5.92 Å². The first-order valence-corrected chi connectivity index (χ1v) is 7.83. The van der Waals surface area contributed by atoms with Crippen molar-refractivity contribution in [3.05, 3.63) is 30.5 Å². The number of hydrogen-bond donors (Lipinski definition) is 2. The molecule has 3 N–H and O–H groups in total. The Hall–Kier alpha value is -1.81. The number of hydrogen-bond acceptors (Lipinski definition) is 4. The van der Waals surface area contributed by atoms with Gasteiger partial charge in [-0.05, 0) is 44.0 Å². The number of likely N-dealkylation sites (tertiary alicyclic amines) is 1. The summed E-state index contributed by atoms with van der Waals surface area (Å²) in [7, 11) is 0. The van der Waals surface area contributed by atoms with E-state index < -0.39 is 0 Å². The lowest BCUT2D eigenvalue weighted by Crippen LogP contribution is -2.36. The average Bonchev–Trinajstić information content (AvgIpc) is 2.50. The van der Waals surface area contributed by atoms with Crippen LogP contribution in [0.1, 0.15) is 19.8 Å². The molecule has 4 nitrogen and oxygen atoms in total. The summed E-state index contributed by atoms with van der Waals surface area (Å²) in [6, 6.07) is 7.98. The number of nitrogens with zero attached hydrogens (tertiary/aromatic N) is 2. The Morgan fingerprint density at radius 1 is 1.29 bits per heavy atom. The van der Waals surface area contributed by atoms with Gasteiger partial charge in [-0.1, -0.05) is 19.1 Å². The summed E-state index contributed by atoms with van der Waals surface area (Å²) in [5.74, 6) is 0.890. The van der Waals surface area contributed by atoms with Crippen molar-refractivity contribution in [3.63, 3.8) is 0 Å². The summed E-state index contributed by atoms with van der Waals surface area (Å²) in [5, 5.41) is 4.64. The van der Waals surface area contributed by atoms with E-state index in [-0.39, 0.29) is 0 Å². The van der Waals surface area contributed by atoms with Gasteiger partial charge in [0.2, 0.25) is 0 Å². The van der Waals surface area contributed by atoms with Crippen molar-refractivity contribution in [2.45, 2.75) is 19.8 Å². The van der Waals surface area contributed by atoms with E-state index in [1.165, 1.54) is 25.9 Å². The fourth-order valence-corrected chi connectivity index (χ4v) is 2.99. The van der Waals surface area contributed by atoms with Crippen molar-refractivity contribution in [1.82, 2.24) is 9.88 Å². The number of piperidine rings is 1. The zero-order valence-electron chi connectivity index (χ0n) is 12.7. The molecule has 1 aliphatic rings. The monoisotopic (exact) mass is 284 g/mol. The van der Waals surface area contributed by atoms with Crippen molar-refractivity contribution in [2.24, 2.45) is 5.92 Å². The number of para-hydroxylation sites is 1. The van der Waals surface area contributed by atoms with Crippen LogP contribution in [-0.4, -0.2) is 36.1 Å². The highest BCUT2D eigenvalue weighted by molar-refractivity contribution is 5.97. The van der Waals surface area contributed by atoms with E-state index in [1.807, 2.05) is 24.4 Å². The van der Waals surface area contributed by atoms with Crippen LogP contribution in [0.2, 0.25) is 0 Å². The van der Waals surface area contributed by atoms with Gasteiger partial charge in [0.15, 0.2) is 0 Å². The van der Waals surface area contributed by atoms with Gasteiger partial charge in [0, 0.05) is 30.4 Å². The molecule has 1 aromatic carbocycles. The third-order valence-corrected chi connectivity index (χ3v) is 4.42. The molecule has 0 spiro atoms. The van der Waals surface area contributed by atoms with E-state index in [1.54, 1.807) is 0 Å². The van der Waals surface area contributed by atoms with E-state index in [9.17, 15) is 0 Å². The van der Waals surface area contributed by atoms with Gasteiger partial charge in [-0.3, -0.25) is 4.98 Å². The summed E-state index contributed by atoms with van der Waals surface area (Å²) in [6.07, 6.45) is 4.48. The molecule has 0 amide bonds. The molecule has 0 atom stereocenters. The number of benzene rings is 1. The smallest absolute Gasteiger partial charge is 0.0951 e. The maximum absolute atomic E-state index is 5.99. The van der Waals surface area contributed by atoms with E-state index in [2.05, 4.69) is 28.2 Å². The van der Waals surface area contributed by atoms with Crippen molar-refractivity contribution in [3.8, 4) is 0 Å². The number of nitrogens with one attached hydrogen (secondary N) is 1. The van der Waals surface area contributed by atoms with Crippen molar-refractivity contribution >= 4 is 22.3 Å². The summed E-state index contributed by atoms with van der Waals surface area (Å²) in [5.41, 5.74) is 8.73. The predicted molar refractivity (Wildman–Crippen MR) is 89.5 cm³/mol. The van der Waals surface area contributed by atoms with Crippen molar-refractivity contribution in [2.75, 3.05) is 37.2 Å². The number of nitrogens with two attached hydrogens (primary N) is 1. The highest BCUT2D eigenvalue weighted by Crippen LogP contribution is 2.25. The lowest BCUT2D eigenvalue weighted by Gasteiger charge is -2.30. The summed E-state index contributed by atoms with van der Waals surface area (Å²) in [6.45, 7) is 6.87. The standard InChI is InChI=1S/C17H24N4/c1-13-6-10-21(11-7-13)12-9-19-16-5-8-20-17-14(16)3-2-4-15(17)18/h2-5,8,13H,6-7,9-12,18H2,1H3,(H,19,20). The molecule has 0 saturated carbocycles. The summed E-state index contributed by atoms with van der Waals surface area (Å²) < 4.78 is 0. The lowest BCUT2D eigenvalue weighted by molar-refractivity contribution is 0.199. The third-order valence-electron chi connectivity index (χ3n) is 4.42. The molecule has 1 aromatic heterocycles. The number of nitrogen functional groups attached to an aromatic ring is 1. The van der Waals surface area contributed by atoms with Gasteiger partial charge in [0.05, 0.1) is 11.2 Å². The molecule has 2 aromatic rings. The van der Waals surface area contributed by atoms with Gasteiger partial charge in [0.25, 0.3) is 0 Å². The molecule has 0 aliphatic carbocycles. The molecule has 1 saturated heterocycles. The second-order valence-electron chi connectivity index (χ2n) is 6.05. The number of anilines is 2. The normalized spacial score (nSPS) is 17.2. The van der Waals surface area contributed by atoms with E-state index in [0.717, 1.165) is 41.3 Å².